The summed E-state index contributed by atoms with van der Waals surface area (Å²) >= 11 is 0. The SMILES string of the molecule is CC(C)(C)c1ccc(-c2c3c(cc4ccccc24)B2c4cc(C(C)(C)C)ccc4N(c4ccc5ccccc5c4)c4cc(-n5c6cccc7c6c6c8c(cccc8ccc65)-c5ccccc5-7)cc(c42)N3)cc1. The van der Waals surface area contributed by atoms with Crippen molar-refractivity contribution in [1.29, 1.82) is 0 Å². The average molecular weight is 922 g/mol. The van der Waals surface area contributed by atoms with Crippen molar-refractivity contribution in [2.75, 3.05) is 10.2 Å². The minimum Gasteiger partial charge on any atom is -0.356 e. The molecule has 1 aromatic heterocycles. The van der Waals surface area contributed by atoms with Crippen LogP contribution >= 0.6 is 0 Å². The van der Waals surface area contributed by atoms with E-state index >= 15 is 0 Å². The highest BCUT2D eigenvalue weighted by molar-refractivity contribution is 7.00. The molecule has 72 heavy (non-hydrogen) atoms. The maximum Gasteiger partial charge on any atom is 0.252 e. The van der Waals surface area contributed by atoms with Gasteiger partial charge >= 0.3 is 0 Å². The predicted molar refractivity (Wildman–Crippen MR) is 310 cm³/mol. The van der Waals surface area contributed by atoms with Gasteiger partial charge in [0.15, 0.2) is 0 Å². The molecule has 0 fully saturated rings. The van der Waals surface area contributed by atoms with Gasteiger partial charge in [-0.2, -0.15) is 0 Å². The summed E-state index contributed by atoms with van der Waals surface area (Å²) in [4.78, 5) is 2.57. The van der Waals surface area contributed by atoms with Crippen molar-refractivity contribution in [2.45, 2.75) is 52.4 Å². The molecule has 1 aliphatic carbocycles. The van der Waals surface area contributed by atoms with Gasteiger partial charge in [-0.05, 0) is 141 Å². The van der Waals surface area contributed by atoms with Gasteiger partial charge in [0, 0.05) is 44.8 Å². The second-order valence-corrected chi connectivity index (χ2v) is 22.6. The first kappa shape index (κ1) is 41.4. The molecule has 12 aromatic rings. The summed E-state index contributed by atoms with van der Waals surface area (Å²) in [5, 5.41) is 14.4. The number of nitrogens with one attached hydrogen (secondary N) is 1. The molecule has 0 atom stereocenters. The Bertz CT molecular complexity index is 4330. The van der Waals surface area contributed by atoms with Crippen LogP contribution < -0.4 is 26.6 Å². The molecular weight excluding hydrogens is 870 g/mol. The number of benzene rings is 11. The van der Waals surface area contributed by atoms with Crippen LogP contribution in [0.1, 0.15) is 52.7 Å². The summed E-state index contributed by atoms with van der Waals surface area (Å²) < 4.78 is 2.56. The summed E-state index contributed by atoms with van der Waals surface area (Å²) in [6.07, 6.45) is 0. The number of anilines is 5. The van der Waals surface area contributed by atoms with Crippen molar-refractivity contribution >= 4 is 106 Å². The van der Waals surface area contributed by atoms with E-state index in [0.29, 0.717) is 0 Å². The third kappa shape index (κ3) is 5.81. The van der Waals surface area contributed by atoms with Crippen LogP contribution in [0.15, 0.2) is 200 Å². The first-order valence-electron chi connectivity index (χ1n) is 25.6. The molecule has 0 spiro atoms. The zero-order valence-corrected chi connectivity index (χ0v) is 41.5. The minimum atomic E-state index is -0.0582. The van der Waals surface area contributed by atoms with E-state index in [0.717, 1.165) is 17.1 Å². The zero-order chi connectivity index (χ0) is 48.4. The van der Waals surface area contributed by atoms with E-state index in [2.05, 4.69) is 257 Å². The lowest BCUT2D eigenvalue weighted by Crippen LogP contribution is -2.60. The lowest BCUT2D eigenvalue weighted by atomic mass is 9.33. The normalized spacial score (nSPS) is 13.5. The zero-order valence-electron chi connectivity index (χ0n) is 41.5. The van der Waals surface area contributed by atoms with Crippen molar-refractivity contribution in [2.24, 2.45) is 0 Å². The summed E-state index contributed by atoms with van der Waals surface area (Å²) in [5.41, 5.74) is 23.5. The fourth-order valence-electron chi connectivity index (χ4n) is 12.9. The number of aromatic nitrogens is 1. The van der Waals surface area contributed by atoms with Gasteiger partial charge in [0.2, 0.25) is 0 Å². The van der Waals surface area contributed by atoms with Crippen molar-refractivity contribution in [3.8, 4) is 39.1 Å². The lowest BCUT2D eigenvalue weighted by Gasteiger charge is -2.42. The molecule has 2 aliphatic heterocycles. The maximum absolute atomic E-state index is 4.29. The highest BCUT2D eigenvalue weighted by Crippen LogP contribution is 2.51. The van der Waals surface area contributed by atoms with Gasteiger partial charge in [0.1, 0.15) is 0 Å². The van der Waals surface area contributed by atoms with Gasteiger partial charge in [-0.1, -0.05) is 199 Å². The van der Waals surface area contributed by atoms with Gasteiger partial charge < -0.3 is 14.8 Å². The fourth-order valence-corrected chi connectivity index (χ4v) is 12.9. The second-order valence-electron chi connectivity index (χ2n) is 22.6. The summed E-state index contributed by atoms with van der Waals surface area (Å²) in [6.45, 7) is 13.9. The Kier molecular flexibility index (Phi) is 8.42. The van der Waals surface area contributed by atoms with Gasteiger partial charge in [-0.15, -0.1) is 0 Å². The van der Waals surface area contributed by atoms with E-state index in [4.69, 9.17) is 0 Å². The highest BCUT2D eigenvalue weighted by Gasteiger charge is 2.43. The Hall–Kier alpha value is -8.34. The number of fused-ring (bicyclic) bond motifs is 9. The molecule has 1 N–H and O–H groups in total. The summed E-state index contributed by atoms with van der Waals surface area (Å²) in [7, 11) is 0. The van der Waals surface area contributed by atoms with Crippen molar-refractivity contribution in [3.05, 3.63) is 211 Å². The highest BCUT2D eigenvalue weighted by atomic mass is 15.2. The smallest absolute Gasteiger partial charge is 0.252 e. The van der Waals surface area contributed by atoms with Crippen LogP contribution in [-0.4, -0.2) is 11.3 Å². The molecule has 0 saturated carbocycles. The molecule has 0 amide bonds. The number of hydrogen-bond donors (Lipinski definition) is 1. The summed E-state index contributed by atoms with van der Waals surface area (Å²) in [6, 6.07) is 76.4. The van der Waals surface area contributed by atoms with Crippen LogP contribution in [0, 0.1) is 0 Å². The molecule has 4 heteroatoms. The maximum atomic E-state index is 4.29. The van der Waals surface area contributed by atoms with Crippen LogP contribution in [0.4, 0.5) is 28.4 Å². The van der Waals surface area contributed by atoms with E-state index in [1.807, 2.05) is 0 Å². The number of rotatable bonds is 3. The van der Waals surface area contributed by atoms with Gasteiger partial charge in [-0.25, -0.2) is 0 Å². The fraction of sp³-hybridized carbons (Fsp3) is 0.118. The average Bonchev–Trinajstić information content (AvgIpc) is 3.68. The quantitative estimate of drug-likeness (QED) is 0.178. The van der Waals surface area contributed by atoms with E-state index in [1.165, 1.54) is 132 Å². The van der Waals surface area contributed by atoms with Gasteiger partial charge in [0.05, 0.1) is 16.7 Å². The third-order valence-electron chi connectivity index (χ3n) is 16.4. The largest absolute Gasteiger partial charge is 0.356 e. The minimum absolute atomic E-state index is 0.0393. The first-order chi connectivity index (χ1) is 35.0. The van der Waals surface area contributed by atoms with Gasteiger partial charge in [-0.3, -0.25) is 0 Å². The number of hydrogen-bond acceptors (Lipinski definition) is 2. The van der Waals surface area contributed by atoms with Crippen LogP contribution in [0.3, 0.4) is 0 Å². The molecule has 3 aliphatic rings. The third-order valence-corrected chi connectivity index (χ3v) is 16.4. The summed E-state index contributed by atoms with van der Waals surface area (Å²) in [5.74, 6) is 0. The Morgan fingerprint density at radius 1 is 0.417 bits per heavy atom. The number of nitrogens with zero attached hydrogens (tertiary/aromatic N) is 2. The van der Waals surface area contributed by atoms with Gasteiger partial charge in [0.25, 0.3) is 6.71 Å². The van der Waals surface area contributed by atoms with Crippen molar-refractivity contribution in [1.82, 2.24) is 4.57 Å². The molecule has 3 heterocycles. The van der Waals surface area contributed by atoms with Crippen LogP contribution in [0.25, 0.3) is 93.2 Å². The molecule has 0 bridgehead atoms. The van der Waals surface area contributed by atoms with E-state index in [9.17, 15) is 0 Å². The lowest BCUT2D eigenvalue weighted by molar-refractivity contribution is 0.590. The van der Waals surface area contributed by atoms with Crippen molar-refractivity contribution < 1.29 is 0 Å². The predicted octanol–water partition coefficient (Wildman–Crippen LogP) is 16.5. The van der Waals surface area contributed by atoms with Crippen LogP contribution in [0.5, 0.6) is 0 Å². The molecule has 3 nitrogen and oxygen atoms in total. The molecule has 0 unspecified atom stereocenters. The standard InChI is InChI=1S/C68H52BN3/c1-67(2,3)45-29-25-42(26-30-45)62-49-19-10-9-17-44(49)36-55-66(62)70-56-38-48(72-58-24-14-23-53-51-21-12-11-20-50(51)52-22-13-18-41-28-33-59(72)64(61(41)52)63(53)58)39-60-65(56)69(55)54-37-46(68(4,5)6)31-34-57(54)71(60)47-32-27-40-15-7-8-16-43(40)35-47/h7-39,70H,1-6H3. The Balaban J connectivity index is 1.08. The van der Waals surface area contributed by atoms with E-state index in [1.54, 1.807) is 0 Å². The van der Waals surface area contributed by atoms with E-state index < -0.39 is 0 Å². The van der Waals surface area contributed by atoms with Crippen LogP contribution in [0.2, 0.25) is 0 Å². The Labute approximate surface area is 421 Å². The molecule has 0 radical (unpaired) electrons. The Morgan fingerprint density at radius 3 is 1.83 bits per heavy atom. The van der Waals surface area contributed by atoms with Crippen LogP contribution in [-0.2, 0) is 10.8 Å². The second kappa shape index (κ2) is 14.6. The molecule has 15 rings (SSSR count). The monoisotopic (exact) mass is 921 g/mol. The van der Waals surface area contributed by atoms with Crippen molar-refractivity contribution in [3.63, 3.8) is 0 Å². The molecule has 0 saturated heterocycles. The topological polar surface area (TPSA) is 20.2 Å². The molecule has 342 valence electrons. The molecular formula is C68H52BN3. The first-order valence-corrected chi connectivity index (χ1v) is 25.6. The molecule has 11 aromatic carbocycles. The Morgan fingerprint density at radius 2 is 1.06 bits per heavy atom. The van der Waals surface area contributed by atoms with E-state index in [-0.39, 0.29) is 17.5 Å².